The van der Waals surface area contributed by atoms with E-state index in [1.165, 1.54) is 19.3 Å². The molecule has 0 rings (SSSR count). The Balaban J connectivity index is 3.12. The summed E-state index contributed by atoms with van der Waals surface area (Å²) in [7, 11) is 0. The number of rotatable bonds is 5. The zero-order valence-corrected chi connectivity index (χ0v) is 7.85. The van der Waals surface area contributed by atoms with E-state index in [1.807, 2.05) is 0 Å². The van der Waals surface area contributed by atoms with Crippen molar-refractivity contribution in [1.29, 1.82) is 0 Å². The summed E-state index contributed by atoms with van der Waals surface area (Å²) in [4.78, 5) is 0. The first-order valence-corrected chi connectivity index (χ1v) is 4.50. The van der Waals surface area contributed by atoms with E-state index in [0.717, 1.165) is 11.8 Å². The van der Waals surface area contributed by atoms with Crippen LogP contribution in [0.15, 0.2) is 0 Å². The summed E-state index contributed by atoms with van der Waals surface area (Å²) in [6.45, 7) is 9.09. The average molecular weight is 141 g/mol. The van der Waals surface area contributed by atoms with Gasteiger partial charge in [0.25, 0.3) is 0 Å². The van der Waals surface area contributed by atoms with Gasteiger partial charge in [-0.3, -0.25) is 0 Å². The van der Waals surface area contributed by atoms with Gasteiger partial charge in [-0.25, -0.2) is 0 Å². The molecular formula is C10H21. The van der Waals surface area contributed by atoms with Gasteiger partial charge in [-0.15, -0.1) is 0 Å². The van der Waals surface area contributed by atoms with E-state index in [9.17, 15) is 0 Å². The topological polar surface area (TPSA) is 0 Å². The van der Waals surface area contributed by atoms with Crippen molar-refractivity contribution in [2.45, 2.75) is 47.0 Å². The lowest BCUT2D eigenvalue weighted by atomic mass is 9.96. The molecule has 10 heavy (non-hydrogen) atoms. The predicted octanol–water partition coefficient (Wildman–Crippen LogP) is 3.67. The van der Waals surface area contributed by atoms with E-state index in [0.29, 0.717) is 0 Å². The van der Waals surface area contributed by atoms with Gasteiger partial charge in [0.15, 0.2) is 0 Å². The highest BCUT2D eigenvalue weighted by atomic mass is 14.1. The molecule has 0 heterocycles. The molecule has 0 heteroatoms. The summed E-state index contributed by atoms with van der Waals surface area (Å²) < 4.78 is 0. The van der Waals surface area contributed by atoms with Crippen molar-refractivity contribution in [3.05, 3.63) is 6.42 Å². The zero-order valence-electron chi connectivity index (χ0n) is 7.85. The van der Waals surface area contributed by atoms with Crippen molar-refractivity contribution in [1.82, 2.24) is 0 Å². The van der Waals surface area contributed by atoms with Crippen LogP contribution in [0.1, 0.15) is 47.0 Å². The molecule has 0 aliphatic carbocycles. The van der Waals surface area contributed by atoms with Crippen molar-refractivity contribution in [2.24, 2.45) is 11.8 Å². The zero-order chi connectivity index (χ0) is 7.98. The molecule has 0 saturated heterocycles. The minimum absolute atomic E-state index is 0.763. The predicted molar refractivity (Wildman–Crippen MR) is 47.8 cm³/mol. The van der Waals surface area contributed by atoms with Crippen LogP contribution in [0, 0.1) is 18.3 Å². The lowest BCUT2D eigenvalue weighted by molar-refractivity contribution is 0.493. The maximum atomic E-state index is 2.42. The molecule has 1 atom stereocenters. The highest BCUT2D eigenvalue weighted by Crippen LogP contribution is 2.14. The Hall–Kier alpha value is 0. The second-order valence-corrected chi connectivity index (χ2v) is 3.61. The highest BCUT2D eigenvalue weighted by Gasteiger charge is 2.01. The van der Waals surface area contributed by atoms with E-state index >= 15 is 0 Å². The van der Waals surface area contributed by atoms with Gasteiger partial charge in [-0.1, -0.05) is 40.5 Å². The molecule has 0 amide bonds. The number of hydrogen-bond donors (Lipinski definition) is 0. The Morgan fingerprint density at radius 2 is 1.80 bits per heavy atom. The van der Waals surface area contributed by atoms with Gasteiger partial charge in [-0.05, 0) is 24.7 Å². The maximum Gasteiger partial charge on any atom is -0.0358 e. The Kier molecular flexibility index (Phi) is 5.76. The molecule has 0 aromatic heterocycles. The van der Waals surface area contributed by atoms with Crippen LogP contribution in [0.5, 0.6) is 0 Å². The van der Waals surface area contributed by atoms with Crippen molar-refractivity contribution in [3.63, 3.8) is 0 Å². The molecule has 0 spiro atoms. The summed E-state index contributed by atoms with van der Waals surface area (Å²) in [6, 6.07) is 0. The molecule has 0 N–H and O–H groups in total. The third-order valence-electron chi connectivity index (χ3n) is 1.79. The molecule has 0 aliphatic heterocycles. The maximum absolute atomic E-state index is 2.42. The van der Waals surface area contributed by atoms with Crippen molar-refractivity contribution < 1.29 is 0 Å². The SMILES string of the molecule is CCCC(C)C[CH]C(C)C. The van der Waals surface area contributed by atoms with Crippen LogP contribution in [0.25, 0.3) is 0 Å². The van der Waals surface area contributed by atoms with Crippen LogP contribution in [-0.2, 0) is 0 Å². The molecule has 0 fully saturated rings. The van der Waals surface area contributed by atoms with Gasteiger partial charge in [-0.2, -0.15) is 0 Å². The van der Waals surface area contributed by atoms with Crippen LogP contribution in [0.4, 0.5) is 0 Å². The van der Waals surface area contributed by atoms with Crippen LogP contribution in [0.2, 0.25) is 0 Å². The Bertz CT molecular complexity index is 64.4. The Labute approximate surface area is 66.0 Å². The summed E-state index contributed by atoms with van der Waals surface area (Å²) in [5, 5.41) is 0. The monoisotopic (exact) mass is 141 g/mol. The van der Waals surface area contributed by atoms with Gasteiger partial charge < -0.3 is 0 Å². The van der Waals surface area contributed by atoms with E-state index in [-0.39, 0.29) is 0 Å². The highest BCUT2D eigenvalue weighted by molar-refractivity contribution is 4.71. The first kappa shape index (κ1) is 10.0. The minimum Gasteiger partial charge on any atom is -0.0654 e. The fraction of sp³-hybridized carbons (Fsp3) is 0.900. The summed E-state index contributed by atoms with van der Waals surface area (Å²) >= 11 is 0. The van der Waals surface area contributed by atoms with Crippen molar-refractivity contribution >= 4 is 0 Å². The molecule has 0 aromatic rings. The van der Waals surface area contributed by atoms with Crippen molar-refractivity contribution in [3.8, 4) is 0 Å². The molecular weight excluding hydrogens is 120 g/mol. The first-order valence-electron chi connectivity index (χ1n) is 4.50. The fourth-order valence-corrected chi connectivity index (χ4v) is 1.12. The number of hydrogen-bond acceptors (Lipinski definition) is 0. The molecule has 0 nitrogen and oxygen atoms in total. The molecule has 1 radical (unpaired) electrons. The third-order valence-corrected chi connectivity index (χ3v) is 1.79. The average Bonchev–Trinajstić information content (AvgIpc) is 1.85. The fourth-order valence-electron chi connectivity index (χ4n) is 1.12. The van der Waals surface area contributed by atoms with E-state index in [1.54, 1.807) is 0 Å². The van der Waals surface area contributed by atoms with Crippen molar-refractivity contribution in [2.75, 3.05) is 0 Å². The van der Waals surface area contributed by atoms with Crippen LogP contribution < -0.4 is 0 Å². The molecule has 1 unspecified atom stereocenters. The van der Waals surface area contributed by atoms with E-state index < -0.39 is 0 Å². The van der Waals surface area contributed by atoms with Crippen LogP contribution >= 0.6 is 0 Å². The summed E-state index contributed by atoms with van der Waals surface area (Å²) in [6.07, 6.45) is 6.42. The molecule has 0 saturated carbocycles. The third kappa shape index (κ3) is 6.12. The van der Waals surface area contributed by atoms with Gasteiger partial charge >= 0.3 is 0 Å². The molecule has 61 valence electrons. The second-order valence-electron chi connectivity index (χ2n) is 3.61. The van der Waals surface area contributed by atoms with Crippen LogP contribution in [0.3, 0.4) is 0 Å². The largest absolute Gasteiger partial charge is 0.0654 e. The smallest absolute Gasteiger partial charge is 0.0358 e. The first-order chi connectivity index (χ1) is 4.66. The van der Waals surface area contributed by atoms with Gasteiger partial charge in [0.2, 0.25) is 0 Å². The van der Waals surface area contributed by atoms with Gasteiger partial charge in [0.1, 0.15) is 0 Å². The van der Waals surface area contributed by atoms with Gasteiger partial charge in [0.05, 0.1) is 0 Å². The van der Waals surface area contributed by atoms with Crippen LogP contribution in [-0.4, -0.2) is 0 Å². The van der Waals surface area contributed by atoms with E-state index in [2.05, 4.69) is 34.1 Å². The lowest BCUT2D eigenvalue weighted by Crippen LogP contribution is -1.97. The van der Waals surface area contributed by atoms with E-state index in [4.69, 9.17) is 0 Å². The second kappa shape index (κ2) is 5.76. The molecule has 0 aliphatic rings. The molecule has 0 bridgehead atoms. The standard InChI is InChI=1S/C10H21/c1-5-6-10(4)8-7-9(2)3/h7,9-10H,5-6,8H2,1-4H3. The molecule has 0 aromatic carbocycles. The minimum atomic E-state index is 0.763. The van der Waals surface area contributed by atoms with Gasteiger partial charge in [0, 0.05) is 0 Å². The summed E-state index contributed by atoms with van der Waals surface area (Å²) in [5.74, 6) is 1.66. The quantitative estimate of drug-likeness (QED) is 0.548. The Morgan fingerprint density at radius 3 is 2.20 bits per heavy atom. The normalized spacial score (nSPS) is 14.1. The Morgan fingerprint density at radius 1 is 1.20 bits per heavy atom. The lowest BCUT2D eigenvalue weighted by Gasteiger charge is -2.10. The summed E-state index contributed by atoms with van der Waals surface area (Å²) in [5.41, 5.74) is 0.